The van der Waals surface area contributed by atoms with Crippen molar-refractivity contribution in [3.8, 4) is 5.75 Å². The molecule has 1 aromatic carbocycles. The minimum Gasteiger partial charge on any atom is -0.502 e. The Hall–Kier alpha value is -2.16. The quantitative estimate of drug-likeness (QED) is 0.607. The topological polar surface area (TPSA) is 127 Å². The van der Waals surface area contributed by atoms with Crippen LogP contribution in [0.2, 0.25) is 0 Å². The average molecular weight is 300 g/mol. The molecule has 1 aliphatic heterocycles. The highest BCUT2D eigenvalue weighted by Crippen LogP contribution is 2.29. The molecule has 0 saturated carbocycles. The Morgan fingerprint density at radius 3 is 2.70 bits per heavy atom. The number of nitrogens with zero attached hydrogens (tertiary/aromatic N) is 1. The molecular formula is C11H12N2O6S. The van der Waals surface area contributed by atoms with Gasteiger partial charge in [0.25, 0.3) is 5.91 Å². The lowest BCUT2D eigenvalue weighted by Crippen LogP contribution is -2.35. The summed E-state index contributed by atoms with van der Waals surface area (Å²) in [6, 6.07) is 3.05. The normalized spacial score (nSPS) is 20.5. The van der Waals surface area contributed by atoms with Crippen LogP contribution in [-0.4, -0.2) is 41.9 Å². The maximum absolute atomic E-state index is 11.9. The van der Waals surface area contributed by atoms with Crippen LogP contribution in [-0.2, 0) is 9.84 Å². The summed E-state index contributed by atoms with van der Waals surface area (Å²) >= 11 is 0. The summed E-state index contributed by atoms with van der Waals surface area (Å²) in [4.78, 5) is 21.8. The standard InChI is InChI=1S/C11H12N2O6S/c14-10-8(2-1-3-9(10)13(16)17)11(15)12-7-4-5-20(18,19)6-7/h1-3,7,14H,4-6H2,(H,12,15). The molecule has 1 fully saturated rings. The summed E-state index contributed by atoms with van der Waals surface area (Å²) in [6.45, 7) is 0. The third kappa shape index (κ3) is 2.87. The highest BCUT2D eigenvalue weighted by atomic mass is 32.2. The maximum atomic E-state index is 11.9. The number of benzene rings is 1. The first-order valence-corrected chi connectivity index (χ1v) is 7.60. The maximum Gasteiger partial charge on any atom is 0.311 e. The van der Waals surface area contributed by atoms with Crippen LogP contribution in [0.25, 0.3) is 0 Å². The summed E-state index contributed by atoms with van der Waals surface area (Å²) in [5, 5.41) is 22.8. The molecule has 1 unspecified atom stereocenters. The van der Waals surface area contributed by atoms with E-state index in [9.17, 15) is 28.4 Å². The molecule has 0 spiro atoms. The van der Waals surface area contributed by atoms with Crippen LogP contribution in [0.15, 0.2) is 18.2 Å². The number of nitro groups is 1. The number of nitrogens with one attached hydrogen (secondary N) is 1. The van der Waals surface area contributed by atoms with Gasteiger partial charge in [-0.3, -0.25) is 14.9 Å². The molecule has 2 N–H and O–H groups in total. The van der Waals surface area contributed by atoms with E-state index < -0.39 is 38.1 Å². The Labute approximate surface area is 114 Å². The Morgan fingerprint density at radius 1 is 1.45 bits per heavy atom. The number of carbonyl (C=O) groups is 1. The van der Waals surface area contributed by atoms with Gasteiger partial charge in [0, 0.05) is 12.1 Å². The minimum absolute atomic E-state index is 0.00112. The van der Waals surface area contributed by atoms with Crippen molar-refractivity contribution in [3.05, 3.63) is 33.9 Å². The molecule has 1 aliphatic rings. The van der Waals surface area contributed by atoms with Gasteiger partial charge in [-0.25, -0.2) is 8.42 Å². The van der Waals surface area contributed by atoms with E-state index in [1.807, 2.05) is 0 Å². The molecule has 0 bridgehead atoms. The second-order valence-corrected chi connectivity index (χ2v) is 6.73. The number of phenols is 1. The molecular weight excluding hydrogens is 288 g/mol. The first-order valence-electron chi connectivity index (χ1n) is 5.78. The van der Waals surface area contributed by atoms with Gasteiger partial charge in [0.2, 0.25) is 5.75 Å². The molecule has 1 aromatic rings. The highest BCUT2D eigenvalue weighted by Gasteiger charge is 2.30. The summed E-state index contributed by atoms with van der Waals surface area (Å²) in [5.74, 6) is -1.61. The van der Waals surface area contributed by atoms with E-state index in [4.69, 9.17) is 0 Å². The summed E-state index contributed by atoms with van der Waals surface area (Å²) in [6.07, 6.45) is 0.295. The highest BCUT2D eigenvalue weighted by molar-refractivity contribution is 7.91. The van der Waals surface area contributed by atoms with Gasteiger partial charge in [-0.1, -0.05) is 6.07 Å². The van der Waals surface area contributed by atoms with E-state index in [-0.39, 0.29) is 17.1 Å². The molecule has 20 heavy (non-hydrogen) atoms. The van der Waals surface area contributed by atoms with Crippen LogP contribution in [0.5, 0.6) is 5.75 Å². The molecule has 108 valence electrons. The molecule has 1 atom stereocenters. The smallest absolute Gasteiger partial charge is 0.311 e. The molecule has 0 radical (unpaired) electrons. The number of rotatable bonds is 3. The van der Waals surface area contributed by atoms with E-state index in [0.29, 0.717) is 6.42 Å². The second-order valence-electron chi connectivity index (χ2n) is 4.50. The zero-order valence-corrected chi connectivity index (χ0v) is 11.1. The lowest BCUT2D eigenvalue weighted by atomic mass is 10.1. The fourth-order valence-corrected chi connectivity index (χ4v) is 3.71. The third-order valence-electron chi connectivity index (χ3n) is 3.02. The Bertz CT molecular complexity index is 669. The van der Waals surface area contributed by atoms with Crippen LogP contribution in [0.3, 0.4) is 0 Å². The van der Waals surface area contributed by atoms with Gasteiger partial charge in [-0.2, -0.15) is 0 Å². The van der Waals surface area contributed by atoms with Crippen LogP contribution < -0.4 is 5.32 Å². The van der Waals surface area contributed by atoms with Gasteiger partial charge in [0.15, 0.2) is 9.84 Å². The van der Waals surface area contributed by atoms with Crippen LogP contribution in [0, 0.1) is 10.1 Å². The monoisotopic (exact) mass is 300 g/mol. The first kappa shape index (κ1) is 14.3. The van der Waals surface area contributed by atoms with Crippen LogP contribution in [0.4, 0.5) is 5.69 Å². The van der Waals surface area contributed by atoms with Crippen molar-refractivity contribution in [3.63, 3.8) is 0 Å². The van der Waals surface area contributed by atoms with Crippen LogP contribution in [0.1, 0.15) is 16.8 Å². The number of para-hydroxylation sites is 1. The number of hydrogen-bond donors (Lipinski definition) is 2. The van der Waals surface area contributed by atoms with Crippen LogP contribution >= 0.6 is 0 Å². The summed E-state index contributed by atoms with van der Waals surface area (Å²) < 4.78 is 22.6. The molecule has 8 nitrogen and oxygen atoms in total. The predicted octanol–water partition coefficient (Wildman–Crippen LogP) is 0.217. The van der Waals surface area contributed by atoms with Gasteiger partial charge in [0.05, 0.1) is 22.0 Å². The zero-order valence-electron chi connectivity index (χ0n) is 10.3. The largest absolute Gasteiger partial charge is 0.502 e. The number of nitro benzene ring substituents is 1. The number of amides is 1. The number of hydrogen-bond acceptors (Lipinski definition) is 6. The summed E-state index contributed by atoms with van der Waals surface area (Å²) in [5.41, 5.74) is -0.819. The van der Waals surface area contributed by atoms with Gasteiger partial charge < -0.3 is 10.4 Å². The number of aromatic hydroxyl groups is 1. The Morgan fingerprint density at radius 2 is 2.15 bits per heavy atom. The van der Waals surface area contributed by atoms with Crippen molar-refractivity contribution in [2.75, 3.05) is 11.5 Å². The Kier molecular flexibility index (Phi) is 3.62. The van der Waals surface area contributed by atoms with Crippen molar-refractivity contribution >= 4 is 21.4 Å². The molecule has 9 heteroatoms. The number of phenolic OH excluding ortho intramolecular Hbond substituents is 1. The first-order chi connectivity index (χ1) is 9.30. The van der Waals surface area contributed by atoms with Gasteiger partial charge in [-0.15, -0.1) is 0 Å². The lowest BCUT2D eigenvalue weighted by molar-refractivity contribution is -0.385. The van der Waals surface area contributed by atoms with Gasteiger partial charge >= 0.3 is 5.69 Å². The minimum atomic E-state index is -3.14. The molecule has 0 aliphatic carbocycles. The molecule has 1 saturated heterocycles. The van der Waals surface area contributed by atoms with E-state index in [1.54, 1.807) is 0 Å². The van der Waals surface area contributed by atoms with Crippen molar-refractivity contribution in [2.24, 2.45) is 0 Å². The number of carbonyl (C=O) groups excluding carboxylic acids is 1. The van der Waals surface area contributed by atoms with Crippen molar-refractivity contribution in [1.82, 2.24) is 5.32 Å². The predicted molar refractivity (Wildman–Crippen MR) is 69.3 cm³/mol. The lowest BCUT2D eigenvalue weighted by Gasteiger charge is -2.11. The van der Waals surface area contributed by atoms with E-state index in [1.165, 1.54) is 12.1 Å². The average Bonchev–Trinajstić information content (AvgIpc) is 2.68. The van der Waals surface area contributed by atoms with E-state index >= 15 is 0 Å². The van der Waals surface area contributed by atoms with Crippen molar-refractivity contribution in [1.29, 1.82) is 0 Å². The fourth-order valence-electron chi connectivity index (χ4n) is 2.03. The molecule has 1 amide bonds. The van der Waals surface area contributed by atoms with Crippen molar-refractivity contribution in [2.45, 2.75) is 12.5 Å². The third-order valence-corrected chi connectivity index (χ3v) is 4.79. The van der Waals surface area contributed by atoms with Gasteiger partial charge in [-0.05, 0) is 12.5 Å². The van der Waals surface area contributed by atoms with Gasteiger partial charge in [0.1, 0.15) is 0 Å². The SMILES string of the molecule is O=C(NC1CCS(=O)(=O)C1)c1cccc([N+](=O)[O-])c1O. The van der Waals surface area contributed by atoms with E-state index in [2.05, 4.69) is 5.32 Å². The number of sulfone groups is 1. The van der Waals surface area contributed by atoms with Crippen molar-refractivity contribution < 1.29 is 23.2 Å². The molecule has 2 rings (SSSR count). The second kappa shape index (κ2) is 5.08. The molecule has 0 aromatic heterocycles. The van der Waals surface area contributed by atoms with E-state index in [0.717, 1.165) is 6.07 Å². The fraction of sp³-hybridized carbons (Fsp3) is 0.364. The summed E-state index contributed by atoms with van der Waals surface area (Å²) in [7, 11) is -3.14. The Balaban J connectivity index is 2.18. The molecule has 1 heterocycles. The zero-order chi connectivity index (χ0) is 14.9.